The Morgan fingerprint density at radius 2 is 2.10 bits per heavy atom. The van der Waals surface area contributed by atoms with Crippen molar-refractivity contribution in [2.45, 2.75) is 38.1 Å². The first-order chi connectivity index (χ1) is 9.79. The minimum atomic E-state index is -4.38. The summed E-state index contributed by atoms with van der Waals surface area (Å²) in [6, 6.07) is 4.37. The third-order valence-corrected chi connectivity index (χ3v) is 4.14. The van der Waals surface area contributed by atoms with E-state index in [4.69, 9.17) is 10.5 Å². The molecule has 3 nitrogen and oxygen atoms in total. The molecule has 118 valence electrons. The van der Waals surface area contributed by atoms with Crippen molar-refractivity contribution in [1.29, 1.82) is 0 Å². The first kappa shape index (κ1) is 16.1. The van der Waals surface area contributed by atoms with E-state index < -0.39 is 11.7 Å². The topological polar surface area (TPSA) is 38.5 Å². The van der Waals surface area contributed by atoms with E-state index >= 15 is 0 Å². The third-order valence-electron chi connectivity index (χ3n) is 4.14. The fourth-order valence-corrected chi connectivity index (χ4v) is 2.80. The number of hydrogen-bond donors (Lipinski definition) is 1. The summed E-state index contributed by atoms with van der Waals surface area (Å²) in [6.45, 7) is 3.18. The number of rotatable bonds is 3. The van der Waals surface area contributed by atoms with Gasteiger partial charge in [0.05, 0.1) is 11.2 Å². The van der Waals surface area contributed by atoms with Gasteiger partial charge in [0.15, 0.2) is 0 Å². The second kappa shape index (κ2) is 5.85. The van der Waals surface area contributed by atoms with Crippen LogP contribution in [-0.2, 0) is 17.5 Å². The highest BCUT2D eigenvalue weighted by atomic mass is 19.4. The minimum absolute atomic E-state index is 0.120. The lowest BCUT2D eigenvalue weighted by Crippen LogP contribution is -2.47. The zero-order valence-electron chi connectivity index (χ0n) is 12.3. The molecule has 0 saturated carbocycles. The molecular weight excluding hydrogens is 281 g/mol. The molecule has 1 heterocycles. The molecular formula is C15H21F3N2O. The predicted molar refractivity (Wildman–Crippen MR) is 76.2 cm³/mol. The molecule has 2 N–H and O–H groups in total. The highest BCUT2D eigenvalue weighted by Gasteiger charge is 2.35. The molecule has 2 rings (SSSR count). The normalized spacial score (nSPS) is 23.4. The number of halogens is 3. The van der Waals surface area contributed by atoms with Gasteiger partial charge in [-0.2, -0.15) is 13.2 Å². The lowest BCUT2D eigenvalue weighted by atomic mass is 9.94. The number of nitrogens with zero attached hydrogens (tertiary/aromatic N) is 1. The highest BCUT2D eigenvalue weighted by Crippen LogP contribution is 2.36. The maximum atomic E-state index is 13.1. The minimum Gasteiger partial charge on any atom is -0.377 e. The van der Waals surface area contributed by atoms with E-state index in [0.717, 1.165) is 19.4 Å². The monoisotopic (exact) mass is 302 g/mol. The second-order valence-corrected chi connectivity index (χ2v) is 5.72. The number of alkyl halides is 3. The quantitative estimate of drug-likeness (QED) is 0.932. The van der Waals surface area contributed by atoms with Crippen LogP contribution >= 0.6 is 0 Å². The molecule has 1 aliphatic heterocycles. The van der Waals surface area contributed by atoms with Gasteiger partial charge in [0.2, 0.25) is 0 Å². The Kier molecular flexibility index (Phi) is 4.49. The van der Waals surface area contributed by atoms with E-state index in [1.807, 2.05) is 11.8 Å². The number of nitrogens with two attached hydrogens (primary N) is 1. The van der Waals surface area contributed by atoms with Crippen LogP contribution in [0.3, 0.4) is 0 Å². The van der Waals surface area contributed by atoms with Crippen molar-refractivity contribution >= 4 is 5.69 Å². The molecule has 1 fully saturated rings. The molecule has 1 aromatic rings. The van der Waals surface area contributed by atoms with Crippen LogP contribution in [0.1, 0.15) is 30.9 Å². The lowest BCUT2D eigenvalue weighted by Gasteiger charge is -2.41. The summed E-state index contributed by atoms with van der Waals surface area (Å²) >= 11 is 0. The van der Waals surface area contributed by atoms with Gasteiger partial charge in [-0.3, -0.25) is 0 Å². The summed E-state index contributed by atoms with van der Waals surface area (Å²) in [4.78, 5) is 1.95. The van der Waals surface area contributed by atoms with E-state index in [2.05, 4.69) is 0 Å². The van der Waals surface area contributed by atoms with Gasteiger partial charge in [-0.25, -0.2) is 0 Å². The van der Waals surface area contributed by atoms with E-state index in [1.54, 1.807) is 13.2 Å². The summed E-state index contributed by atoms with van der Waals surface area (Å²) in [6.07, 6.45) is -2.58. The second-order valence-electron chi connectivity index (χ2n) is 5.72. The molecule has 1 aromatic carbocycles. The molecule has 0 aliphatic carbocycles. The first-order valence-electron chi connectivity index (χ1n) is 6.99. The van der Waals surface area contributed by atoms with E-state index in [9.17, 15) is 13.2 Å². The van der Waals surface area contributed by atoms with Gasteiger partial charge < -0.3 is 15.4 Å². The van der Waals surface area contributed by atoms with Gasteiger partial charge in [-0.15, -0.1) is 0 Å². The maximum absolute atomic E-state index is 13.1. The van der Waals surface area contributed by atoms with Crippen LogP contribution in [0.15, 0.2) is 18.2 Å². The molecule has 21 heavy (non-hydrogen) atoms. The van der Waals surface area contributed by atoms with Crippen LogP contribution < -0.4 is 10.6 Å². The summed E-state index contributed by atoms with van der Waals surface area (Å²) < 4.78 is 44.8. The number of hydrogen-bond acceptors (Lipinski definition) is 3. The first-order valence-corrected chi connectivity index (χ1v) is 6.99. The van der Waals surface area contributed by atoms with Crippen LogP contribution in [0.5, 0.6) is 0 Å². The molecule has 0 radical (unpaired) electrons. The highest BCUT2D eigenvalue weighted by molar-refractivity contribution is 5.52. The number of ether oxygens (including phenoxy) is 1. The van der Waals surface area contributed by atoms with Crippen molar-refractivity contribution in [1.82, 2.24) is 0 Å². The van der Waals surface area contributed by atoms with Crippen LogP contribution in [0.4, 0.5) is 18.9 Å². The molecule has 1 saturated heterocycles. The molecule has 0 aromatic heterocycles. The molecule has 0 bridgehead atoms. The number of anilines is 1. The molecule has 0 spiro atoms. The Morgan fingerprint density at radius 3 is 2.67 bits per heavy atom. The molecule has 1 atom stereocenters. The Balaban J connectivity index is 2.32. The number of methoxy groups -OCH3 is 1. The van der Waals surface area contributed by atoms with Crippen molar-refractivity contribution in [3.63, 3.8) is 0 Å². The fraction of sp³-hybridized carbons (Fsp3) is 0.600. The molecule has 1 unspecified atom stereocenters. The van der Waals surface area contributed by atoms with Crippen LogP contribution in [0.25, 0.3) is 0 Å². The summed E-state index contributed by atoms with van der Waals surface area (Å²) in [5.41, 5.74) is 5.14. The van der Waals surface area contributed by atoms with E-state index in [-0.39, 0.29) is 17.7 Å². The Hall–Kier alpha value is -1.27. The SMILES string of the molecule is COC1(C)CCCN(c2ccc(CN)c(C(F)(F)F)c2)C1. The third kappa shape index (κ3) is 3.49. The summed E-state index contributed by atoms with van der Waals surface area (Å²) in [7, 11) is 1.64. The standard InChI is InChI=1S/C15H21F3N2O/c1-14(21-2)6-3-7-20(10-14)12-5-4-11(9-19)13(8-12)15(16,17)18/h4-5,8H,3,6-7,9-10,19H2,1-2H3. The van der Waals surface area contributed by atoms with Crippen LogP contribution in [0.2, 0.25) is 0 Å². The van der Waals surface area contributed by atoms with E-state index in [1.165, 1.54) is 12.1 Å². The summed E-state index contributed by atoms with van der Waals surface area (Å²) in [5.74, 6) is 0. The number of piperidine rings is 1. The Labute approximate surface area is 122 Å². The van der Waals surface area contributed by atoms with Crippen LogP contribution in [-0.4, -0.2) is 25.8 Å². The average molecular weight is 302 g/mol. The lowest BCUT2D eigenvalue weighted by molar-refractivity contribution is -0.138. The van der Waals surface area contributed by atoms with Gasteiger partial charge >= 0.3 is 6.18 Å². The van der Waals surface area contributed by atoms with Crippen LogP contribution in [0, 0.1) is 0 Å². The smallest absolute Gasteiger partial charge is 0.377 e. The van der Waals surface area contributed by atoms with Gasteiger partial charge in [0, 0.05) is 32.4 Å². The van der Waals surface area contributed by atoms with Crippen molar-refractivity contribution < 1.29 is 17.9 Å². The fourth-order valence-electron chi connectivity index (χ4n) is 2.80. The predicted octanol–water partition coefficient (Wildman–Crippen LogP) is 3.17. The zero-order chi connectivity index (χ0) is 15.7. The van der Waals surface area contributed by atoms with Gasteiger partial charge in [-0.05, 0) is 37.5 Å². The largest absolute Gasteiger partial charge is 0.416 e. The summed E-state index contributed by atoms with van der Waals surface area (Å²) in [5, 5.41) is 0. The molecule has 6 heteroatoms. The van der Waals surface area contributed by atoms with Crippen molar-refractivity contribution in [3.05, 3.63) is 29.3 Å². The van der Waals surface area contributed by atoms with Crippen molar-refractivity contribution in [2.75, 3.05) is 25.1 Å². The zero-order valence-corrected chi connectivity index (χ0v) is 12.3. The average Bonchev–Trinajstić information content (AvgIpc) is 2.46. The number of benzene rings is 1. The van der Waals surface area contributed by atoms with Crippen molar-refractivity contribution in [3.8, 4) is 0 Å². The Bertz CT molecular complexity index is 504. The molecule has 1 aliphatic rings. The van der Waals surface area contributed by atoms with Gasteiger partial charge in [-0.1, -0.05) is 6.07 Å². The maximum Gasteiger partial charge on any atom is 0.416 e. The molecule has 0 amide bonds. The van der Waals surface area contributed by atoms with Gasteiger partial charge in [0.1, 0.15) is 0 Å². The van der Waals surface area contributed by atoms with Crippen molar-refractivity contribution in [2.24, 2.45) is 5.73 Å². The van der Waals surface area contributed by atoms with E-state index in [0.29, 0.717) is 12.2 Å². The van der Waals surface area contributed by atoms with Gasteiger partial charge in [0.25, 0.3) is 0 Å². The Morgan fingerprint density at radius 1 is 1.38 bits per heavy atom.